The van der Waals surface area contributed by atoms with Crippen molar-refractivity contribution in [3.63, 3.8) is 0 Å². The zero-order valence-corrected chi connectivity index (χ0v) is 12.2. The third-order valence-corrected chi connectivity index (χ3v) is 3.25. The molecule has 0 aliphatic heterocycles. The van der Waals surface area contributed by atoms with Crippen molar-refractivity contribution in [3.8, 4) is 5.75 Å². The molecule has 0 saturated carbocycles. The number of aliphatic hydroxyl groups is 1. The Hall–Kier alpha value is -2.37. The number of carbonyl (C=O) groups excluding carboxylic acids is 1. The minimum atomic E-state index is -0.728. The Bertz CT molecular complexity index is 585. The Morgan fingerprint density at radius 1 is 1.09 bits per heavy atom. The van der Waals surface area contributed by atoms with E-state index in [1.807, 2.05) is 54.6 Å². The van der Waals surface area contributed by atoms with E-state index in [0.717, 1.165) is 16.9 Å². The number of nitrogens with one attached hydrogen (secondary N) is 1. The van der Waals surface area contributed by atoms with Crippen LogP contribution in [0, 0.1) is 0 Å². The van der Waals surface area contributed by atoms with Crippen LogP contribution in [-0.2, 0) is 17.9 Å². The third kappa shape index (κ3) is 4.87. The first kappa shape index (κ1) is 16.0. The second kappa shape index (κ2) is 8.17. The maximum Gasteiger partial charge on any atom is 0.236 e. The highest BCUT2D eigenvalue weighted by Crippen LogP contribution is 2.14. The molecule has 0 unspecified atom stereocenters. The van der Waals surface area contributed by atoms with E-state index < -0.39 is 11.9 Å². The zero-order valence-electron chi connectivity index (χ0n) is 12.2. The van der Waals surface area contributed by atoms with Crippen molar-refractivity contribution < 1.29 is 14.6 Å². The van der Waals surface area contributed by atoms with Gasteiger partial charge in [0.15, 0.2) is 0 Å². The van der Waals surface area contributed by atoms with Crippen LogP contribution in [0.2, 0.25) is 0 Å². The number of aliphatic hydroxyl groups excluding tert-OH is 1. The first-order valence-electron chi connectivity index (χ1n) is 7.08. The number of ether oxygens (including phenoxy) is 1. The van der Waals surface area contributed by atoms with Gasteiger partial charge in [0, 0.05) is 6.54 Å². The van der Waals surface area contributed by atoms with Crippen molar-refractivity contribution in [3.05, 3.63) is 65.7 Å². The second-order valence-corrected chi connectivity index (χ2v) is 4.94. The van der Waals surface area contributed by atoms with E-state index in [9.17, 15) is 4.79 Å². The van der Waals surface area contributed by atoms with Gasteiger partial charge >= 0.3 is 0 Å². The second-order valence-electron chi connectivity index (χ2n) is 4.94. The van der Waals surface area contributed by atoms with E-state index >= 15 is 0 Å². The fourth-order valence-electron chi connectivity index (χ4n) is 1.94. The van der Waals surface area contributed by atoms with Crippen LogP contribution >= 0.6 is 0 Å². The molecule has 0 bridgehead atoms. The molecular formula is C17H20N2O3. The highest BCUT2D eigenvalue weighted by molar-refractivity contribution is 5.79. The van der Waals surface area contributed by atoms with Gasteiger partial charge in [-0.15, -0.1) is 0 Å². The lowest BCUT2D eigenvalue weighted by molar-refractivity contribution is -0.120. The van der Waals surface area contributed by atoms with Crippen LogP contribution < -0.4 is 15.8 Å². The standard InChI is InChI=1S/C17H20N2O3/c18-17(21)16(11-20)19-10-13-6-8-15(9-7-13)22-12-14-4-2-1-3-5-14/h1-9,16,19-20H,10-12H2,(H2,18,21)/t16-/m0/s1. The molecule has 22 heavy (non-hydrogen) atoms. The number of nitrogens with two attached hydrogens (primary N) is 1. The maximum absolute atomic E-state index is 11.0. The van der Waals surface area contributed by atoms with Gasteiger partial charge in [-0.2, -0.15) is 0 Å². The molecule has 0 heterocycles. The molecule has 0 aromatic heterocycles. The Labute approximate surface area is 129 Å². The highest BCUT2D eigenvalue weighted by Gasteiger charge is 2.12. The predicted molar refractivity (Wildman–Crippen MR) is 84.1 cm³/mol. The Balaban J connectivity index is 1.83. The molecule has 116 valence electrons. The molecule has 0 saturated heterocycles. The molecule has 1 amide bonds. The Morgan fingerprint density at radius 3 is 2.36 bits per heavy atom. The van der Waals surface area contributed by atoms with E-state index in [-0.39, 0.29) is 6.61 Å². The van der Waals surface area contributed by atoms with Gasteiger partial charge in [-0.1, -0.05) is 42.5 Å². The molecule has 2 rings (SSSR count). The molecule has 0 aliphatic carbocycles. The molecule has 4 N–H and O–H groups in total. The summed E-state index contributed by atoms with van der Waals surface area (Å²) < 4.78 is 5.70. The van der Waals surface area contributed by atoms with Crippen molar-refractivity contribution >= 4 is 5.91 Å². The average molecular weight is 300 g/mol. The SMILES string of the molecule is NC(=O)[C@H](CO)NCc1ccc(OCc2ccccc2)cc1. The molecule has 0 radical (unpaired) electrons. The van der Waals surface area contributed by atoms with Crippen LogP contribution in [0.1, 0.15) is 11.1 Å². The molecule has 5 heteroatoms. The highest BCUT2D eigenvalue weighted by atomic mass is 16.5. The van der Waals surface area contributed by atoms with E-state index in [0.29, 0.717) is 13.2 Å². The summed E-state index contributed by atoms with van der Waals surface area (Å²) in [6, 6.07) is 16.8. The molecule has 0 fully saturated rings. The number of primary amides is 1. The van der Waals surface area contributed by atoms with Gasteiger partial charge < -0.3 is 15.6 Å². The lowest BCUT2D eigenvalue weighted by atomic mass is 10.2. The average Bonchev–Trinajstić information content (AvgIpc) is 2.55. The Morgan fingerprint density at radius 2 is 1.77 bits per heavy atom. The van der Waals surface area contributed by atoms with Gasteiger partial charge in [-0.3, -0.25) is 10.1 Å². The van der Waals surface area contributed by atoms with E-state index in [2.05, 4.69) is 5.32 Å². The van der Waals surface area contributed by atoms with Crippen molar-refractivity contribution in [2.45, 2.75) is 19.2 Å². The van der Waals surface area contributed by atoms with Crippen molar-refractivity contribution in [2.24, 2.45) is 5.73 Å². The zero-order chi connectivity index (χ0) is 15.8. The van der Waals surface area contributed by atoms with Crippen LogP contribution in [0.3, 0.4) is 0 Å². The van der Waals surface area contributed by atoms with Gasteiger partial charge in [0.1, 0.15) is 18.4 Å². The first-order chi connectivity index (χ1) is 10.7. The quantitative estimate of drug-likeness (QED) is 0.684. The number of rotatable bonds is 8. The number of hydrogen-bond donors (Lipinski definition) is 3. The molecule has 0 aliphatic rings. The smallest absolute Gasteiger partial charge is 0.236 e. The van der Waals surface area contributed by atoms with E-state index in [1.165, 1.54) is 0 Å². The monoisotopic (exact) mass is 300 g/mol. The van der Waals surface area contributed by atoms with Crippen LogP contribution in [0.5, 0.6) is 5.75 Å². The minimum absolute atomic E-state index is 0.312. The van der Waals surface area contributed by atoms with Crippen molar-refractivity contribution in [1.82, 2.24) is 5.32 Å². The summed E-state index contributed by atoms with van der Waals surface area (Å²) in [5.74, 6) is 0.214. The van der Waals surface area contributed by atoms with Gasteiger partial charge in [-0.05, 0) is 23.3 Å². The topological polar surface area (TPSA) is 84.6 Å². The largest absolute Gasteiger partial charge is 0.489 e. The molecule has 2 aromatic rings. The summed E-state index contributed by atoms with van der Waals surface area (Å²) >= 11 is 0. The normalized spacial score (nSPS) is 11.9. The molecule has 2 aromatic carbocycles. The van der Waals surface area contributed by atoms with E-state index in [1.54, 1.807) is 0 Å². The lowest BCUT2D eigenvalue weighted by Crippen LogP contribution is -2.43. The summed E-state index contributed by atoms with van der Waals surface area (Å²) in [6.45, 7) is 0.660. The molecule has 5 nitrogen and oxygen atoms in total. The lowest BCUT2D eigenvalue weighted by Gasteiger charge is -2.13. The van der Waals surface area contributed by atoms with E-state index in [4.69, 9.17) is 15.6 Å². The van der Waals surface area contributed by atoms with Gasteiger partial charge in [-0.25, -0.2) is 0 Å². The van der Waals surface area contributed by atoms with Crippen LogP contribution in [0.25, 0.3) is 0 Å². The summed E-state index contributed by atoms with van der Waals surface area (Å²) in [6.07, 6.45) is 0. The maximum atomic E-state index is 11.0. The van der Waals surface area contributed by atoms with Crippen LogP contribution in [0.4, 0.5) is 0 Å². The summed E-state index contributed by atoms with van der Waals surface area (Å²) in [7, 11) is 0. The minimum Gasteiger partial charge on any atom is -0.489 e. The fraction of sp³-hybridized carbons (Fsp3) is 0.235. The number of carbonyl (C=O) groups is 1. The molecular weight excluding hydrogens is 280 g/mol. The van der Waals surface area contributed by atoms with Crippen LogP contribution in [-0.4, -0.2) is 23.7 Å². The van der Waals surface area contributed by atoms with Gasteiger partial charge in [0.25, 0.3) is 0 Å². The molecule has 0 spiro atoms. The number of amides is 1. The van der Waals surface area contributed by atoms with Crippen molar-refractivity contribution in [2.75, 3.05) is 6.61 Å². The number of hydrogen-bond acceptors (Lipinski definition) is 4. The van der Waals surface area contributed by atoms with Gasteiger partial charge in [0.2, 0.25) is 5.91 Å². The summed E-state index contributed by atoms with van der Waals surface area (Å²) in [5.41, 5.74) is 7.24. The fourth-order valence-corrected chi connectivity index (χ4v) is 1.94. The van der Waals surface area contributed by atoms with Crippen molar-refractivity contribution in [1.29, 1.82) is 0 Å². The third-order valence-electron chi connectivity index (χ3n) is 3.25. The predicted octanol–water partition coefficient (Wildman–Crippen LogP) is 1.20. The number of benzene rings is 2. The van der Waals surface area contributed by atoms with Crippen LogP contribution in [0.15, 0.2) is 54.6 Å². The Kier molecular flexibility index (Phi) is 5.94. The summed E-state index contributed by atoms with van der Waals surface area (Å²) in [4.78, 5) is 11.0. The first-order valence-corrected chi connectivity index (χ1v) is 7.08. The summed E-state index contributed by atoms with van der Waals surface area (Å²) in [5, 5.41) is 11.9. The van der Waals surface area contributed by atoms with Gasteiger partial charge in [0.05, 0.1) is 6.61 Å². The molecule has 1 atom stereocenters.